The van der Waals surface area contributed by atoms with E-state index in [0.717, 1.165) is 5.56 Å². The van der Waals surface area contributed by atoms with Crippen molar-refractivity contribution in [3.63, 3.8) is 0 Å². The van der Waals surface area contributed by atoms with E-state index in [2.05, 4.69) is 10.6 Å². The molecule has 182 valence electrons. The van der Waals surface area contributed by atoms with Gasteiger partial charge in [0.1, 0.15) is 11.8 Å². The number of aryl methyl sites for hydroxylation is 1. The zero-order valence-electron chi connectivity index (χ0n) is 20.0. The third-order valence-corrected chi connectivity index (χ3v) is 6.20. The Labute approximate surface area is 200 Å². The van der Waals surface area contributed by atoms with Gasteiger partial charge >= 0.3 is 0 Å². The summed E-state index contributed by atoms with van der Waals surface area (Å²) in [5, 5.41) is 5.76. The number of piperidine rings is 1. The maximum Gasteiger partial charge on any atom is 0.254 e. The maximum atomic E-state index is 13.0. The Kier molecular flexibility index (Phi) is 9.04. The molecule has 2 aromatic carbocycles. The van der Waals surface area contributed by atoms with E-state index >= 15 is 0 Å². The molecule has 0 aromatic heterocycles. The average Bonchev–Trinajstić information content (AvgIpc) is 2.87. The van der Waals surface area contributed by atoms with E-state index in [9.17, 15) is 14.4 Å². The van der Waals surface area contributed by atoms with E-state index in [4.69, 9.17) is 9.47 Å². The van der Waals surface area contributed by atoms with E-state index in [1.54, 1.807) is 38.5 Å². The molecule has 0 bridgehead atoms. The monoisotopic (exact) mass is 467 g/mol. The van der Waals surface area contributed by atoms with E-state index in [1.807, 2.05) is 36.1 Å². The number of ether oxygens (including phenoxy) is 2. The summed E-state index contributed by atoms with van der Waals surface area (Å²) in [6, 6.07) is 13.6. The van der Waals surface area contributed by atoms with Crippen molar-refractivity contribution in [3.8, 4) is 5.75 Å². The van der Waals surface area contributed by atoms with Gasteiger partial charge in [0.05, 0.1) is 13.7 Å². The number of likely N-dealkylation sites (tertiary alicyclic amines) is 1. The Balaban J connectivity index is 1.68. The van der Waals surface area contributed by atoms with E-state index in [0.29, 0.717) is 56.0 Å². The van der Waals surface area contributed by atoms with Gasteiger partial charge in [0, 0.05) is 37.9 Å². The molecule has 8 heteroatoms. The first kappa shape index (κ1) is 25.2. The molecule has 1 saturated heterocycles. The lowest BCUT2D eigenvalue weighted by atomic mass is 9.88. The summed E-state index contributed by atoms with van der Waals surface area (Å²) in [5.41, 5.74) is 2.09. The normalized spacial score (nSPS) is 14.9. The quantitative estimate of drug-likeness (QED) is 0.552. The number of carbonyl (C=O) groups excluding carboxylic acids is 3. The zero-order chi connectivity index (χ0) is 24.5. The molecular weight excluding hydrogens is 434 g/mol. The number of amides is 3. The van der Waals surface area contributed by atoms with Crippen LogP contribution in [0.2, 0.25) is 0 Å². The molecule has 1 aliphatic rings. The smallest absolute Gasteiger partial charge is 0.254 e. The summed E-state index contributed by atoms with van der Waals surface area (Å²) in [6.07, 6.45) is 1.23. The van der Waals surface area contributed by atoms with Crippen molar-refractivity contribution < 1.29 is 23.9 Å². The lowest BCUT2D eigenvalue weighted by Gasteiger charge is -2.36. The zero-order valence-corrected chi connectivity index (χ0v) is 20.0. The molecule has 1 atom stereocenters. The van der Waals surface area contributed by atoms with E-state index in [1.165, 1.54) is 0 Å². The number of hydrogen-bond donors (Lipinski definition) is 2. The molecule has 1 fully saturated rings. The Morgan fingerprint density at radius 1 is 1.03 bits per heavy atom. The fraction of sp³-hybridized carbons (Fsp3) is 0.423. The first-order chi connectivity index (χ1) is 16.4. The van der Waals surface area contributed by atoms with Crippen LogP contribution in [0, 0.1) is 12.8 Å². The van der Waals surface area contributed by atoms with Gasteiger partial charge in [-0.1, -0.05) is 18.2 Å². The van der Waals surface area contributed by atoms with Crippen LogP contribution in [0.3, 0.4) is 0 Å². The fourth-order valence-electron chi connectivity index (χ4n) is 4.17. The molecule has 1 heterocycles. The van der Waals surface area contributed by atoms with Crippen LogP contribution in [-0.4, -0.2) is 69.1 Å². The minimum Gasteiger partial charge on any atom is -0.497 e. The third kappa shape index (κ3) is 6.35. The fourth-order valence-corrected chi connectivity index (χ4v) is 4.17. The Morgan fingerprint density at radius 3 is 2.32 bits per heavy atom. The highest BCUT2D eigenvalue weighted by Gasteiger charge is 2.34. The second kappa shape index (κ2) is 12.2. The molecule has 34 heavy (non-hydrogen) atoms. The van der Waals surface area contributed by atoms with Crippen LogP contribution in [0.4, 0.5) is 0 Å². The molecule has 1 aliphatic heterocycles. The number of carbonyl (C=O) groups is 3. The summed E-state index contributed by atoms with van der Waals surface area (Å²) in [6.45, 7) is 3.72. The molecule has 2 aromatic rings. The predicted octanol–water partition coefficient (Wildman–Crippen LogP) is 2.42. The molecule has 0 aliphatic carbocycles. The molecule has 3 rings (SSSR count). The second-order valence-corrected chi connectivity index (χ2v) is 8.41. The summed E-state index contributed by atoms with van der Waals surface area (Å²) in [7, 11) is 3.13. The molecule has 3 amide bonds. The van der Waals surface area contributed by atoms with Crippen molar-refractivity contribution >= 4 is 17.7 Å². The van der Waals surface area contributed by atoms with Crippen molar-refractivity contribution in [2.24, 2.45) is 5.92 Å². The number of nitrogens with zero attached hydrogens (tertiary/aromatic N) is 1. The molecular formula is C26H33N3O5. The SMILES string of the molecule is COCCNC(=O)C(NC(=O)c1ccc(OC)cc1)C1CCN(C(=O)c2ccccc2C)CC1. The Bertz CT molecular complexity index is 984. The lowest BCUT2D eigenvalue weighted by Crippen LogP contribution is -2.54. The Morgan fingerprint density at radius 2 is 1.71 bits per heavy atom. The summed E-state index contributed by atoms with van der Waals surface area (Å²) >= 11 is 0. The lowest BCUT2D eigenvalue weighted by molar-refractivity contribution is -0.124. The first-order valence-corrected chi connectivity index (χ1v) is 11.5. The van der Waals surface area contributed by atoms with Gasteiger partial charge in [0.25, 0.3) is 11.8 Å². The molecule has 2 N–H and O–H groups in total. The van der Waals surface area contributed by atoms with Gasteiger partial charge in [-0.05, 0) is 61.6 Å². The number of nitrogens with one attached hydrogen (secondary N) is 2. The van der Waals surface area contributed by atoms with Crippen LogP contribution in [-0.2, 0) is 9.53 Å². The first-order valence-electron chi connectivity index (χ1n) is 11.5. The van der Waals surface area contributed by atoms with Gasteiger partial charge in [0.15, 0.2) is 0 Å². The number of rotatable bonds is 9. The molecule has 0 radical (unpaired) electrons. The van der Waals surface area contributed by atoms with Crippen LogP contribution in [0.15, 0.2) is 48.5 Å². The van der Waals surface area contributed by atoms with Gasteiger partial charge < -0.3 is 25.0 Å². The van der Waals surface area contributed by atoms with Crippen molar-refractivity contribution in [1.82, 2.24) is 15.5 Å². The van der Waals surface area contributed by atoms with Crippen LogP contribution < -0.4 is 15.4 Å². The number of benzene rings is 2. The van der Waals surface area contributed by atoms with Gasteiger partial charge in [-0.25, -0.2) is 0 Å². The van der Waals surface area contributed by atoms with Crippen LogP contribution in [0.5, 0.6) is 5.75 Å². The van der Waals surface area contributed by atoms with Crippen molar-refractivity contribution in [2.45, 2.75) is 25.8 Å². The summed E-state index contributed by atoms with van der Waals surface area (Å²) < 4.78 is 10.2. The summed E-state index contributed by atoms with van der Waals surface area (Å²) in [5.74, 6) is -0.0165. The highest BCUT2D eigenvalue weighted by molar-refractivity contribution is 5.98. The van der Waals surface area contributed by atoms with Gasteiger partial charge in [-0.3, -0.25) is 14.4 Å². The van der Waals surface area contributed by atoms with Crippen molar-refractivity contribution in [3.05, 3.63) is 65.2 Å². The topological polar surface area (TPSA) is 97.0 Å². The largest absolute Gasteiger partial charge is 0.497 e. The standard InChI is InChI=1S/C26H33N3O5/c1-18-6-4-5-7-22(18)26(32)29-15-12-19(13-16-29)23(25(31)27-14-17-33-2)28-24(30)20-8-10-21(34-3)11-9-20/h4-11,19,23H,12-17H2,1-3H3,(H,27,31)(H,28,30). The van der Waals surface area contributed by atoms with Crippen LogP contribution in [0.25, 0.3) is 0 Å². The molecule has 1 unspecified atom stereocenters. The summed E-state index contributed by atoms with van der Waals surface area (Å²) in [4.78, 5) is 40.7. The van der Waals surface area contributed by atoms with Crippen LogP contribution >= 0.6 is 0 Å². The minimum atomic E-state index is -0.706. The number of methoxy groups -OCH3 is 2. The highest BCUT2D eigenvalue weighted by Crippen LogP contribution is 2.24. The van der Waals surface area contributed by atoms with E-state index in [-0.39, 0.29) is 23.6 Å². The number of hydrogen-bond acceptors (Lipinski definition) is 5. The molecule has 0 saturated carbocycles. The molecule has 0 spiro atoms. The van der Waals surface area contributed by atoms with Gasteiger partial charge in [-0.15, -0.1) is 0 Å². The van der Waals surface area contributed by atoms with Gasteiger partial charge in [0.2, 0.25) is 5.91 Å². The molecule has 8 nitrogen and oxygen atoms in total. The maximum absolute atomic E-state index is 13.0. The predicted molar refractivity (Wildman–Crippen MR) is 129 cm³/mol. The average molecular weight is 468 g/mol. The second-order valence-electron chi connectivity index (χ2n) is 8.41. The highest BCUT2D eigenvalue weighted by atomic mass is 16.5. The van der Waals surface area contributed by atoms with Gasteiger partial charge in [-0.2, -0.15) is 0 Å². The van der Waals surface area contributed by atoms with E-state index < -0.39 is 6.04 Å². The minimum absolute atomic E-state index is 0.0000792. The van der Waals surface area contributed by atoms with Crippen molar-refractivity contribution in [1.29, 1.82) is 0 Å². The Hall–Kier alpha value is -3.39. The third-order valence-electron chi connectivity index (χ3n) is 6.20. The van der Waals surface area contributed by atoms with Crippen molar-refractivity contribution in [2.75, 3.05) is 40.5 Å². The van der Waals surface area contributed by atoms with Crippen LogP contribution in [0.1, 0.15) is 39.1 Å².